The Labute approximate surface area is 193 Å². The average molecular weight is 464 g/mol. The summed E-state index contributed by atoms with van der Waals surface area (Å²) in [5.41, 5.74) is 1.02. The summed E-state index contributed by atoms with van der Waals surface area (Å²) in [7, 11) is 1.52. The minimum absolute atomic E-state index is 0.0219. The number of carboxylic acid groups (broad SMARTS) is 1. The molecule has 0 unspecified atom stereocenters. The summed E-state index contributed by atoms with van der Waals surface area (Å²) in [4.78, 5) is 24.9. The Hall–Kier alpha value is -4.23. The van der Waals surface area contributed by atoms with Crippen LogP contribution in [0.5, 0.6) is 17.4 Å². The van der Waals surface area contributed by atoms with Gasteiger partial charge in [-0.3, -0.25) is 9.36 Å². The molecule has 0 aliphatic rings. The normalized spacial score (nSPS) is 10.7. The number of carboxylic acids is 1. The van der Waals surface area contributed by atoms with Gasteiger partial charge in [0.25, 0.3) is 0 Å². The van der Waals surface area contributed by atoms with Crippen LogP contribution < -0.4 is 4.74 Å². The number of carbonyl (C=O) groups excluding carboxylic acids is 1. The van der Waals surface area contributed by atoms with E-state index < -0.39 is 23.4 Å². The SMILES string of the molecule is COc1ccc(-c2c(C(=O)c3ccc(Cl)cc3)c(O)c(O)n2-c2cccc(C(=O)O)c2)cc1. The number of hydrogen-bond acceptors (Lipinski definition) is 5. The summed E-state index contributed by atoms with van der Waals surface area (Å²) in [6.45, 7) is 0. The topological polar surface area (TPSA) is 109 Å². The summed E-state index contributed by atoms with van der Waals surface area (Å²) in [5.74, 6) is -2.35. The van der Waals surface area contributed by atoms with Crippen LogP contribution in [0.25, 0.3) is 16.9 Å². The molecule has 0 saturated heterocycles. The summed E-state index contributed by atoms with van der Waals surface area (Å²) in [6, 6.07) is 18.6. The van der Waals surface area contributed by atoms with Crippen LogP contribution in [-0.2, 0) is 0 Å². The van der Waals surface area contributed by atoms with Gasteiger partial charge in [-0.2, -0.15) is 0 Å². The van der Waals surface area contributed by atoms with Crippen molar-refractivity contribution in [3.63, 3.8) is 0 Å². The molecule has 7 nitrogen and oxygen atoms in total. The first-order valence-corrected chi connectivity index (χ1v) is 10.1. The van der Waals surface area contributed by atoms with E-state index >= 15 is 0 Å². The molecule has 0 spiro atoms. The maximum absolute atomic E-state index is 13.4. The molecule has 0 aliphatic carbocycles. The monoisotopic (exact) mass is 463 g/mol. The van der Waals surface area contributed by atoms with Crippen molar-refractivity contribution in [3.05, 3.63) is 94.5 Å². The van der Waals surface area contributed by atoms with Crippen molar-refractivity contribution in [2.24, 2.45) is 0 Å². The highest BCUT2D eigenvalue weighted by atomic mass is 35.5. The third-order valence-electron chi connectivity index (χ3n) is 5.17. The summed E-state index contributed by atoms with van der Waals surface area (Å²) < 4.78 is 6.44. The molecular weight excluding hydrogens is 446 g/mol. The first-order valence-electron chi connectivity index (χ1n) is 9.77. The lowest BCUT2D eigenvalue weighted by atomic mass is 9.99. The molecule has 4 rings (SSSR count). The molecule has 1 aromatic heterocycles. The number of ether oxygens (including phenoxy) is 1. The van der Waals surface area contributed by atoms with E-state index in [1.54, 1.807) is 42.5 Å². The number of nitrogens with zero attached hydrogens (tertiary/aromatic N) is 1. The van der Waals surface area contributed by atoms with E-state index in [2.05, 4.69) is 0 Å². The molecule has 33 heavy (non-hydrogen) atoms. The highest BCUT2D eigenvalue weighted by molar-refractivity contribution is 6.30. The molecule has 3 N–H and O–H groups in total. The minimum Gasteiger partial charge on any atom is -0.503 e. The van der Waals surface area contributed by atoms with E-state index in [9.17, 15) is 24.9 Å². The van der Waals surface area contributed by atoms with Crippen molar-refractivity contribution in [3.8, 4) is 34.3 Å². The van der Waals surface area contributed by atoms with Gasteiger partial charge < -0.3 is 20.1 Å². The Morgan fingerprint density at radius 2 is 1.58 bits per heavy atom. The lowest BCUT2D eigenvalue weighted by Crippen LogP contribution is -2.05. The molecule has 0 atom stereocenters. The van der Waals surface area contributed by atoms with Gasteiger partial charge in [-0.05, 0) is 72.3 Å². The van der Waals surface area contributed by atoms with E-state index in [-0.39, 0.29) is 28.1 Å². The highest BCUT2D eigenvalue weighted by Crippen LogP contribution is 2.44. The van der Waals surface area contributed by atoms with Crippen LogP contribution >= 0.6 is 11.6 Å². The van der Waals surface area contributed by atoms with Gasteiger partial charge in [-0.25, -0.2) is 4.79 Å². The predicted molar refractivity (Wildman–Crippen MR) is 123 cm³/mol. The lowest BCUT2D eigenvalue weighted by Gasteiger charge is -2.13. The Balaban J connectivity index is 2.01. The predicted octanol–water partition coefficient (Wildman–Crippen LogP) is 5.15. The van der Waals surface area contributed by atoms with Gasteiger partial charge >= 0.3 is 5.97 Å². The molecule has 0 fully saturated rings. The molecule has 0 amide bonds. The van der Waals surface area contributed by atoms with Crippen molar-refractivity contribution >= 4 is 23.4 Å². The Morgan fingerprint density at radius 3 is 2.18 bits per heavy atom. The second kappa shape index (κ2) is 8.72. The molecule has 166 valence electrons. The van der Waals surface area contributed by atoms with Crippen molar-refractivity contribution in [1.82, 2.24) is 4.57 Å². The zero-order valence-corrected chi connectivity index (χ0v) is 18.1. The van der Waals surface area contributed by atoms with Crippen LogP contribution in [0.3, 0.4) is 0 Å². The first-order chi connectivity index (χ1) is 15.8. The lowest BCUT2D eigenvalue weighted by molar-refractivity contribution is 0.0696. The number of aromatic carboxylic acids is 1. The van der Waals surface area contributed by atoms with Gasteiger partial charge in [0.2, 0.25) is 5.88 Å². The molecule has 0 saturated carbocycles. The van der Waals surface area contributed by atoms with E-state index in [4.69, 9.17) is 16.3 Å². The van der Waals surface area contributed by atoms with E-state index in [1.165, 1.54) is 42.0 Å². The van der Waals surface area contributed by atoms with Crippen LogP contribution in [0, 0.1) is 0 Å². The number of hydrogen-bond donors (Lipinski definition) is 3. The van der Waals surface area contributed by atoms with Crippen molar-refractivity contribution in [1.29, 1.82) is 0 Å². The van der Waals surface area contributed by atoms with Crippen molar-refractivity contribution < 1.29 is 29.6 Å². The van der Waals surface area contributed by atoms with Crippen molar-refractivity contribution in [2.75, 3.05) is 7.11 Å². The highest BCUT2D eigenvalue weighted by Gasteiger charge is 2.30. The average Bonchev–Trinajstić information content (AvgIpc) is 3.09. The summed E-state index contributed by atoms with van der Waals surface area (Å²) in [6.07, 6.45) is 0. The molecule has 1 heterocycles. The molecule has 0 radical (unpaired) electrons. The second-order valence-corrected chi connectivity index (χ2v) is 7.59. The summed E-state index contributed by atoms with van der Waals surface area (Å²) in [5, 5.41) is 31.5. The van der Waals surface area contributed by atoms with Gasteiger partial charge in [-0.15, -0.1) is 0 Å². The summed E-state index contributed by atoms with van der Waals surface area (Å²) >= 11 is 5.93. The van der Waals surface area contributed by atoms with Crippen LogP contribution in [0.1, 0.15) is 26.3 Å². The first kappa shape index (κ1) is 22.0. The molecule has 0 bridgehead atoms. The van der Waals surface area contributed by atoms with Gasteiger partial charge in [0.05, 0.1) is 29.6 Å². The number of methoxy groups -OCH3 is 1. The van der Waals surface area contributed by atoms with Gasteiger partial charge in [0.1, 0.15) is 5.75 Å². The Morgan fingerprint density at radius 1 is 0.909 bits per heavy atom. The number of ketones is 1. The number of rotatable bonds is 6. The number of halogens is 1. The smallest absolute Gasteiger partial charge is 0.335 e. The standard InChI is InChI=1S/C25H18ClNO6/c1-33-19-11-7-14(8-12-19)21-20(22(28)15-5-9-17(26)10-6-15)23(29)24(30)27(21)18-4-2-3-16(13-18)25(31)32/h2-13,29-30H,1H3,(H,31,32). The fourth-order valence-electron chi connectivity index (χ4n) is 3.56. The molecule has 8 heteroatoms. The number of benzene rings is 3. The zero-order chi connectivity index (χ0) is 23.7. The van der Waals surface area contributed by atoms with Gasteiger partial charge in [0.15, 0.2) is 11.5 Å². The number of aromatic hydroxyl groups is 2. The van der Waals surface area contributed by atoms with Gasteiger partial charge in [-0.1, -0.05) is 17.7 Å². The quantitative estimate of drug-likeness (QED) is 0.341. The van der Waals surface area contributed by atoms with E-state index in [0.717, 1.165) is 0 Å². The Kier molecular flexibility index (Phi) is 5.81. The third kappa shape index (κ3) is 4.02. The van der Waals surface area contributed by atoms with E-state index in [1.807, 2.05) is 0 Å². The Bertz CT molecular complexity index is 1360. The third-order valence-corrected chi connectivity index (χ3v) is 5.42. The van der Waals surface area contributed by atoms with Crippen LogP contribution in [0.4, 0.5) is 0 Å². The fraction of sp³-hybridized carbons (Fsp3) is 0.0400. The fourth-order valence-corrected chi connectivity index (χ4v) is 3.69. The van der Waals surface area contributed by atoms with Crippen LogP contribution in [-0.4, -0.2) is 38.7 Å². The molecule has 3 aromatic carbocycles. The van der Waals surface area contributed by atoms with Gasteiger partial charge in [0, 0.05) is 10.6 Å². The molecule has 0 aliphatic heterocycles. The molecule has 4 aromatic rings. The second-order valence-electron chi connectivity index (χ2n) is 7.15. The van der Waals surface area contributed by atoms with E-state index in [0.29, 0.717) is 16.3 Å². The van der Waals surface area contributed by atoms with Crippen molar-refractivity contribution in [2.45, 2.75) is 0 Å². The maximum Gasteiger partial charge on any atom is 0.335 e. The minimum atomic E-state index is -1.16. The number of carbonyl (C=O) groups is 2. The largest absolute Gasteiger partial charge is 0.503 e. The van der Waals surface area contributed by atoms with Crippen LogP contribution in [0.15, 0.2) is 72.8 Å². The zero-order valence-electron chi connectivity index (χ0n) is 17.3. The van der Waals surface area contributed by atoms with Crippen LogP contribution in [0.2, 0.25) is 5.02 Å². The molecular formula is C25H18ClNO6. The number of aromatic nitrogens is 1. The maximum atomic E-state index is 13.4.